The minimum Gasteiger partial charge on any atom is -0.153 e. The van der Waals surface area contributed by atoms with Crippen molar-refractivity contribution in [1.29, 1.82) is 0 Å². The Morgan fingerprint density at radius 2 is 1.00 bits per heavy atom. The Bertz CT molecular complexity index is 8.00. The number of hydrogen-bond donors (Lipinski definition) is 0. The fourth-order valence-corrected chi connectivity index (χ4v) is 0. The van der Waals surface area contributed by atoms with Gasteiger partial charge in [-0.25, -0.2) is 0 Å². The van der Waals surface area contributed by atoms with Crippen LogP contribution in [0.3, 0.4) is 0 Å². The van der Waals surface area contributed by atoms with Crippen molar-refractivity contribution in [3.8, 4) is 0 Å². The van der Waals surface area contributed by atoms with Crippen LogP contribution in [0.4, 0.5) is 0 Å². The first kappa shape index (κ1) is 31.9. The van der Waals surface area contributed by atoms with Crippen molar-refractivity contribution in [2.24, 2.45) is 0 Å². The molecule has 4 heteroatoms. The van der Waals surface area contributed by atoms with E-state index in [0.29, 0.717) is 0 Å². The van der Waals surface area contributed by atoms with Gasteiger partial charge in [0.1, 0.15) is 0 Å². The molecule has 1 atom stereocenters. The summed E-state index contributed by atoms with van der Waals surface area (Å²) in [7, 11) is 0. The second kappa shape index (κ2) is 18.0. The third-order valence-electron chi connectivity index (χ3n) is 0. The molecule has 0 rings (SSSR count). The minimum absolute atomic E-state index is 0. The van der Waals surface area contributed by atoms with Gasteiger partial charge in [0.2, 0.25) is 0 Å². The molecule has 0 nitrogen and oxygen atoms in total. The van der Waals surface area contributed by atoms with Crippen molar-refractivity contribution < 1.29 is 39.4 Å². The predicted octanol–water partition coefficient (Wildman–Crippen LogP) is -0.328. The van der Waals surface area contributed by atoms with Gasteiger partial charge >= 0.3 is 0 Å². The Morgan fingerprint density at radius 1 is 1.00 bits per heavy atom. The SMILES string of the molecule is P.[Ag].[Cu].[Mg]. The van der Waals surface area contributed by atoms with Crippen LogP contribution in [0.5, 0.6) is 0 Å². The second-order valence-corrected chi connectivity index (χ2v) is 0. The van der Waals surface area contributed by atoms with Crippen LogP contribution >= 0.6 is 9.90 Å². The van der Waals surface area contributed by atoms with Gasteiger partial charge in [0.05, 0.1) is 0 Å². The van der Waals surface area contributed by atoms with Crippen LogP contribution in [0.2, 0.25) is 0 Å². The molecule has 0 saturated heterocycles. The summed E-state index contributed by atoms with van der Waals surface area (Å²) < 4.78 is 0. The Labute approximate surface area is 71.6 Å². The van der Waals surface area contributed by atoms with Crippen molar-refractivity contribution in [2.45, 2.75) is 0 Å². The van der Waals surface area contributed by atoms with Gasteiger partial charge in [-0.2, -0.15) is 9.90 Å². The topological polar surface area (TPSA) is 0 Å². The molecule has 0 aromatic carbocycles. The number of rotatable bonds is 0. The molecule has 0 bridgehead atoms. The molecule has 0 aliphatic rings. The zero-order valence-electron chi connectivity index (χ0n) is 2.02. The average molecular weight is 230 g/mol. The molecule has 0 saturated carbocycles. The van der Waals surface area contributed by atoms with Crippen molar-refractivity contribution >= 4 is 33.0 Å². The van der Waals surface area contributed by atoms with Gasteiger partial charge in [0.15, 0.2) is 0 Å². The molecular weight excluding hydrogens is 227 g/mol. The maximum Gasteiger partial charge on any atom is 0 e. The second-order valence-electron chi connectivity index (χ2n) is 0. The summed E-state index contributed by atoms with van der Waals surface area (Å²) in [6, 6.07) is 0. The molecule has 0 heterocycles. The molecular formula is H3AgCuMgP. The van der Waals surface area contributed by atoms with Crippen LogP contribution in [-0.4, -0.2) is 23.1 Å². The van der Waals surface area contributed by atoms with Gasteiger partial charge in [-0.1, -0.05) is 0 Å². The maximum atomic E-state index is 0. The van der Waals surface area contributed by atoms with Crippen LogP contribution in [0, 0.1) is 0 Å². The van der Waals surface area contributed by atoms with Gasteiger partial charge in [-0.05, 0) is 0 Å². The van der Waals surface area contributed by atoms with E-state index in [1.165, 1.54) is 0 Å². The molecule has 0 aliphatic heterocycles. The first-order chi connectivity index (χ1) is 0. The molecule has 0 spiro atoms. The Balaban J connectivity index is 0. The van der Waals surface area contributed by atoms with E-state index in [2.05, 4.69) is 0 Å². The molecule has 0 fully saturated rings. The maximum absolute atomic E-state index is 0. The summed E-state index contributed by atoms with van der Waals surface area (Å²) in [5, 5.41) is 0. The molecule has 32 valence electrons. The number of hydrogen-bond acceptors (Lipinski definition) is 0. The van der Waals surface area contributed by atoms with E-state index in [1.807, 2.05) is 0 Å². The third-order valence-corrected chi connectivity index (χ3v) is 0. The van der Waals surface area contributed by atoms with Gasteiger partial charge < -0.3 is 0 Å². The molecule has 4 radical (unpaired) electrons. The quantitative estimate of drug-likeness (QED) is 0.394. The zero-order valence-corrected chi connectivity index (χ0v) is 7.27. The van der Waals surface area contributed by atoms with Crippen molar-refractivity contribution in [3.05, 3.63) is 0 Å². The first-order valence-corrected chi connectivity index (χ1v) is 0. The van der Waals surface area contributed by atoms with E-state index in [1.54, 1.807) is 0 Å². The molecule has 0 aromatic rings. The van der Waals surface area contributed by atoms with Crippen LogP contribution in [0.1, 0.15) is 0 Å². The summed E-state index contributed by atoms with van der Waals surface area (Å²) in [5.41, 5.74) is 0. The molecule has 0 aliphatic carbocycles. The fraction of sp³-hybridized carbons (Fsp3) is 0. The van der Waals surface area contributed by atoms with E-state index >= 15 is 0 Å². The van der Waals surface area contributed by atoms with E-state index in [0.717, 1.165) is 0 Å². The normalized spacial score (nSPS) is 0. The summed E-state index contributed by atoms with van der Waals surface area (Å²) in [6.45, 7) is 0. The molecule has 1 unspecified atom stereocenters. The predicted molar refractivity (Wildman–Crippen MR) is 16.9 cm³/mol. The Kier molecular flexibility index (Phi) is 143. The molecule has 4 heavy (non-hydrogen) atoms. The van der Waals surface area contributed by atoms with Crippen molar-refractivity contribution in [3.63, 3.8) is 0 Å². The van der Waals surface area contributed by atoms with E-state index in [9.17, 15) is 0 Å². The molecule has 0 aromatic heterocycles. The first-order valence-electron chi connectivity index (χ1n) is 0. The summed E-state index contributed by atoms with van der Waals surface area (Å²) >= 11 is 0. The van der Waals surface area contributed by atoms with Gasteiger partial charge in [0.25, 0.3) is 0 Å². The standard InChI is InChI=1S/Ag.Cu.Mg.H3P/h;;;1H3. The summed E-state index contributed by atoms with van der Waals surface area (Å²) in [6.07, 6.45) is 0. The summed E-state index contributed by atoms with van der Waals surface area (Å²) in [5.74, 6) is 0. The fourth-order valence-electron chi connectivity index (χ4n) is 0. The van der Waals surface area contributed by atoms with E-state index in [4.69, 9.17) is 0 Å². The van der Waals surface area contributed by atoms with Gasteiger partial charge in [-0.15, -0.1) is 0 Å². The molecule has 0 N–H and O–H groups in total. The average Bonchev–Trinajstić information content (AvgIpc) is 0. The largest absolute Gasteiger partial charge is 0.153 e. The monoisotopic (exact) mass is 228 g/mol. The van der Waals surface area contributed by atoms with Crippen LogP contribution in [0.25, 0.3) is 0 Å². The van der Waals surface area contributed by atoms with Crippen LogP contribution in [-0.2, 0) is 39.4 Å². The molecule has 0 amide bonds. The van der Waals surface area contributed by atoms with Gasteiger partial charge in [-0.3, -0.25) is 0 Å². The smallest absolute Gasteiger partial charge is 0 e. The summed E-state index contributed by atoms with van der Waals surface area (Å²) in [4.78, 5) is 0. The van der Waals surface area contributed by atoms with Crippen molar-refractivity contribution in [2.75, 3.05) is 0 Å². The van der Waals surface area contributed by atoms with E-state index in [-0.39, 0.29) is 72.4 Å². The van der Waals surface area contributed by atoms with Crippen LogP contribution in [0.15, 0.2) is 0 Å². The third kappa shape index (κ3) is 8.82. The van der Waals surface area contributed by atoms with E-state index < -0.39 is 0 Å². The zero-order chi connectivity index (χ0) is 0. The Hall–Kier alpha value is 2.46. The Morgan fingerprint density at radius 3 is 1.00 bits per heavy atom. The van der Waals surface area contributed by atoms with Crippen molar-refractivity contribution in [1.82, 2.24) is 0 Å². The minimum atomic E-state index is 0. The van der Waals surface area contributed by atoms with Crippen LogP contribution < -0.4 is 0 Å². The van der Waals surface area contributed by atoms with Gasteiger partial charge in [0, 0.05) is 62.5 Å².